The third kappa shape index (κ3) is 5.01. The SMILES string of the molecule is CC1CC(C)CN(S(=O)(=O)N(CCO)CCc2ccccc2)C1. The highest BCUT2D eigenvalue weighted by Gasteiger charge is 2.34. The standard InChI is InChI=1S/C17H28N2O3S/c1-15-12-16(2)14-19(13-15)23(21,22)18(10-11-20)9-8-17-6-4-3-5-7-17/h3-7,15-16,20H,8-14H2,1-2H3. The van der Waals surface area contributed by atoms with E-state index in [-0.39, 0.29) is 13.2 Å². The maximum Gasteiger partial charge on any atom is 0.282 e. The number of benzene rings is 1. The quantitative estimate of drug-likeness (QED) is 0.822. The molecule has 0 aromatic heterocycles. The Morgan fingerprint density at radius 1 is 1.13 bits per heavy atom. The highest BCUT2D eigenvalue weighted by atomic mass is 32.2. The summed E-state index contributed by atoms with van der Waals surface area (Å²) in [6.45, 7) is 5.71. The molecule has 1 saturated heterocycles. The Bertz CT molecular complexity index is 567. The summed E-state index contributed by atoms with van der Waals surface area (Å²) >= 11 is 0. The lowest BCUT2D eigenvalue weighted by atomic mass is 9.94. The van der Waals surface area contributed by atoms with Crippen molar-refractivity contribution in [1.82, 2.24) is 8.61 Å². The van der Waals surface area contributed by atoms with Crippen LogP contribution >= 0.6 is 0 Å². The van der Waals surface area contributed by atoms with Crippen LogP contribution in [0.25, 0.3) is 0 Å². The highest BCUT2D eigenvalue weighted by molar-refractivity contribution is 7.86. The lowest BCUT2D eigenvalue weighted by molar-refractivity contribution is 0.199. The predicted molar refractivity (Wildman–Crippen MR) is 92.2 cm³/mol. The largest absolute Gasteiger partial charge is 0.395 e. The number of rotatable bonds is 7. The van der Waals surface area contributed by atoms with E-state index < -0.39 is 10.2 Å². The molecule has 5 nitrogen and oxygen atoms in total. The first kappa shape index (κ1) is 18.4. The molecular weight excluding hydrogens is 312 g/mol. The zero-order valence-corrected chi connectivity index (χ0v) is 14.9. The average Bonchev–Trinajstić information content (AvgIpc) is 2.51. The van der Waals surface area contributed by atoms with Crippen LogP contribution in [-0.2, 0) is 16.6 Å². The summed E-state index contributed by atoms with van der Waals surface area (Å²) in [5.74, 6) is 0.747. The monoisotopic (exact) mass is 340 g/mol. The minimum absolute atomic E-state index is 0.147. The molecule has 1 N–H and O–H groups in total. The van der Waals surface area contributed by atoms with E-state index in [4.69, 9.17) is 0 Å². The Morgan fingerprint density at radius 2 is 1.74 bits per heavy atom. The number of hydrogen-bond donors (Lipinski definition) is 1. The first-order valence-corrected chi connectivity index (χ1v) is 9.73. The van der Waals surface area contributed by atoms with Crippen LogP contribution in [0.15, 0.2) is 30.3 Å². The fourth-order valence-electron chi connectivity index (χ4n) is 3.31. The summed E-state index contributed by atoms with van der Waals surface area (Å²) in [5, 5.41) is 9.27. The summed E-state index contributed by atoms with van der Waals surface area (Å²) in [6, 6.07) is 9.84. The Hall–Kier alpha value is -0.950. The van der Waals surface area contributed by atoms with E-state index in [1.165, 1.54) is 4.31 Å². The van der Waals surface area contributed by atoms with Gasteiger partial charge in [-0.1, -0.05) is 44.2 Å². The van der Waals surface area contributed by atoms with Gasteiger partial charge in [0.25, 0.3) is 10.2 Å². The van der Waals surface area contributed by atoms with Gasteiger partial charge in [-0.2, -0.15) is 17.0 Å². The van der Waals surface area contributed by atoms with E-state index in [2.05, 4.69) is 13.8 Å². The molecule has 0 spiro atoms. The average molecular weight is 340 g/mol. The second-order valence-electron chi connectivity index (χ2n) is 6.63. The van der Waals surface area contributed by atoms with Crippen LogP contribution in [0, 0.1) is 11.8 Å². The molecule has 2 rings (SSSR count). The van der Waals surface area contributed by atoms with Gasteiger partial charge in [0.15, 0.2) is 0 Å². The summed E-state index contributed by atoms with van der Waals surface area (Å²) in [5.41, 5.74) is 1.10. The molecule has 1 aliphatic heterocycles. The van der Waals surface area contributed by atoms with Gasteiger partial charge in [-0.25, -0.2) is 0 Å². The molecule has 1 aromatic rings. The van der Waals surface area contributed by atoms with Crippen LogP contribution in [0.4, 0.5) is 0 Å². The smallest absolute Gasteiger partial charge is 0.282 e. The molecule has 23 heavy (non-hydrogen) atoms. The summed E-state index contributed by atoms with van der Waals surface area (Å²) in [7, 11) is -3.52. The molecule has 0 radical (unpaired) electrons. The van der Waals surface area contributed by atoms with Crippen molar-refractivity contribution in [2.75, 3.05) is 32.8 Å². The molecule has 2 atom stereocenters. The van der Waals surface area contributed by atoms with E-state index in [9.17, 15) is 13.5 Å². The van der Waals surface area contributed by atoms with Gasteiger partial charge in [0.1, 0.15) is 0 Å². The maximum absolute atomic E-state index is 12.9. The van der Waals surface area contributed by atoms with Crippen molar-refractivity contribution in [3.05, 3.63) is 35.9 Å². The van der Waals surface area contributed by atoms with Gasteiger partial charge in [0, 0.05) is 26.2 Å². The van der Waals surface area contributed by atoms with Crippen LogP contribution < -0.4 is 0 Å². The molecule has 0 saturated carbocycles. The molecule has 0 aliphatic carbocycles. The van der Waals surface area contributed by atoms with E-state index in [0.717, 1.165) is 12.0 Å². The third-order valence-electron chi connectivity index (χ3n) is 4.33. The molecule has 1 fully saturated rings. The molecule has 1 heterocycles. The zero-order valence-electron chi connectivity index (χ0n) is 14.1. The highest BCUT2D eigenvalue weighted by Crippen LogP contribution is 2.24. The molecular formula is C17H28N2O3S. The van der Waals surface area contributed by atoms with Gasteiger partial charge in [-0.15, -0.1) is 0 Å². The number of aliphatic hydroxyl groups excluding tert-OH is 1. The van der Waals surface area contributed by atoms with Crippen molar-refractivity contribution in [1.29, 1.82) is 0 Å². The topological polar surface area (TPSA) is 60.9 Å². The number of piperidine rings is 1. The summed E-state index contributed by atoms with van der Waals surface area (Å²) < 4.78 is 28.9. The van der Waals surface area contributed by atoms with Gasteiger partial charge in [0.2, 0.25) is 0 Å². The Balaban J connectivity index is 2.08. The van der Waals surface area contributed by atoms with Crippen molar-refractivity contribution < 1.29 is 13.5 Å². The molecule has 0 amide bonds. The number of nitrogens with zero attached hydrogens (tertiary/aromatic N) is 2. The molecule has 1 aromatic carbocycles. The van der Waals surface area contributed by atoms with Crippen molar-refractivity contribution in [3.63, 3.8) is 0 Å². The lowest BCUT2D eigenvalue weighted by Gasteiger charge is -2.37. The lowest BCUT2D eigenvalue weighted by Crippen LogP contribution is -2.50. The normalized spacial score (nSPS) is 23.3. The van der Waals surface area contributed by atoms with Crippen LogP contribution in [0.5, 0.6) is 0 Å². The molecule has 2 unspecified atom stereocenters. The zero-order chi connectivity index (χ0) is 16.9. The van der Waals surface area contributed by atoms with E-state index in [1.807, 2.05) is 30.3 Å². The van der Waals surface area contributed by atoms with Gasteiger partial charge in [0.05, 0.1) is 6.61 Å². The van der Waals surface area contributed by atoms with Crippen LogP contribution in [-0.4, -0.2) is 54.9 Å². The third-order valence-corrected chi connectivity index (χ3v) is 6.30. The Morgan fingerprint density at radius 3 is 2.30 bits per heavy atom. The Labute approximate surface area is 140 Å². The molecule has 1 aliphatic rings. The summed E-state index contributed by atoms with van der Waals surface area (Å²) in [4.78, 5) is 0. The maximum atomic E-state index is 12.9. The second-order valence-corrected chi connectivity index (χ2v) is 8.56. The van der Waals surface area contributed by atoms with E-state index in [0.29, 0.717) is 37.9 Å². The predicted octanol–water partition coefficient (Wildman–Crippen LogP) is 1.75. The van der Waals surface area contributed by atoms with Crippen molar-refractivity contribution >= 4 is 10.2 Å². The molecule has 6 heteroatoms. The number of hydrogen-bond acceptors (Lipinski definition) is 3. The molecule has 130 valence electrons. The van der Waals surface area contributed by atoms with Gasteiger partial charge in [-0.05, 0) is 30.2 Å². The van der Waals surface area contributed by atoms with E-state index in [1.54, 1.807) is 4.31 Å². The minimum atomic E-state index is -3.52. The first-order valence-electron chi connectivity index (χ1n) is 8.33. The number of aliphatic hydroxyl groups is 1. The van der Waals surface area contributed by atoms with Crippen molar-refractivity contribution in [3.8, 4) is 0 Å². The molecule has 0 bridgehead atoms. The van der Waals surface area contributed by atoms with Crippen LogP contribution in [0.3, 0.4) is 0 Å². The Kier molecular flexibility index (Phi) is 6.59. The van der Waals surface area contributed by atoms with Crippen molar-refractivity contribution in [2.45, 2.75) is 26.7 Å². The fraction of sp³-hybridized carbons (Fsp3) is 0.647. The van der Waals surface area contributed by atoms with Gasteiger partial charge >= 0.3 is 0 Å². The first-order chi connectivity index (χ1) is 10.9. The van der Waals surface area contributed by atoms with Crippen LogP contribution in [0.1, 0.15) is 25.8 Å². The van der Waals surface area contributed by atoms with Gasteiger partial charge in [-0.3, -0.25) is 0 Å². The van der Waals surface area contributed by atoms with Gasteiger partial charge < -0.3 is 5.11 Å². The van der Waals surface area contributed by atoms with E-state index >= 15 is 0 Å². The summed E-state index contributed by atoms with van der Waals surface area (Å²) in [6.07, 6.45) is 1.72. The fourth-order valence-corrected chi connectivity index (χ4v) is 5.16. The van der Waals surface area contributed by atoms with Crippen LogP contribution in [0.2, 0.25) is 0 Å². The van der Waals surface area contributed by atoms with Crippen molar-refractivity contribution in [2.24, 2.45) is 11.8 Å². The minimum Gasteiger partial charge on any atom is -0.395 e. The second kappa shape index (κ2) is 8.24.